The highest BCUT2D eigenvalue weighted by Crippen LogP contribution is 2.42. The zero-order valence-corrected chi connectivity index (χ0v) is 19.6. The van der Waals surface area contributed by atoms with Crippen molar-refractivity contribution in [1.29, 1.82) is 0 Å². The first-order valence-corrected chi connectivity index (χ1v) is 11.8. The number of hydrogen-bond acceptors (Lipinski definition) is 6. The number of nitrogens with zero attached hydrogens (tertiary/aromatic N) is 5. The van der Waals surface area contributed by atoms with Crippen molar-refractivity contribution in [2.75, 3.05) is 25.2 Å². The zero-order chi connectivity index (χ0) is 24.9. The first kappa shape index (κ1) is 22.8. The van der Waals surface area contributed by atoms with Crippen molar-refractivity contribution in [3.8, 4) is 17.0 Å². The summed E-state index contributed by atoms with van der Waals surface area (Å²) >= 11 is 0. The van der Waals surface area contributed by atoms with Gasteiger partial charge in [0.15, 0.2) is 0 Å². The maximum atomic E-state index is 13.6. The Morgan fingerprint density at radius 3 is 2.58 bits per heavy atom. The number of halogens is 3. The van der Waals surface area contributed by atoms with Gasteiger partial charge in [-0.15, -0.1) is 0 Å². The maximum absolute atomic E-state index is 13.6. The molecule has 4 aromatic rings. The van der Waals surface area contributed by atoms with Crippen LogP contribution in [0.2, 0.25) is 0 Å². The predicted molar refractivity (Wildman–Crippen MR) is 128 cm³/mol. The average Bonchev–Trinajstić information content (AvgIpc) is 3.19. The van der Waals surface area contributed by atoms with E-state index in [1.807, 2.05) is 35.0 Å². The van der Waals surface area contributed by atoms with Crippen LogP contribution in [0.4, 0.5) is 19.0 Å². The third-order valence-corrected chi connectivity index (χ3v) is 6.91. The molecule has 7 nitrogen and oxygen atoms in total. The second kappa shape index (κ2) is 8.77. The zero-order valence-electron chi connectivity index (χ0n) is 19.6. The molecule has 6 rings (SSSR count). The summed E-state index contributed by atoms with van der Waals surface area (Å²) in [7, 11) is 1.61. The van der Waals surface area contributed by atoms with Crippen LogP contribution in [0.1, 0.15) is 29.7 Å². The summed E-state index contributed by atoms with van der Waals surface area (Å²) in [5, 5.41) is 5.62. The van der Waals surface area contributed by atoms with E-state index in [0.29, 0.717) is 43.1 Å². The van der Waals surface area contributed by atoms with E-state index in [0.717, 1.165) is 46.9 Å². The summed E-state index contributed by atoms with van der Waals surface area (Å²) in [4.78, 5) is 10.7. The molecule has 0 unspecified atom stereocenters. The lowest BCUT2D eigenvalue weighted by Crippen LogP contribution is -2.39. The second-order valence-electron chi connectivity index (χ2n) is 9.08. The number of hydrogen-bond donors (Lipinski definition) is 0. The molecule has 0 N–H and O–H groups in total. The fraction of sp³-hybridized carbons (Fsp3) is 0.346. The number of alkyl halides is 3. The van der Waals surface area contributed by atoms with Gasteiger partial charge < -0.3 is 14.4 Å². The molecular formula is C26H24F3N5O2. The van der Waals surface area contributed by atoms with Crippen LogP contribution in [-0.4, -0.2) is 46.1 Å². The molecule has 1 fully saturated rings. The molecule has 3 aromatic heterocycles. The molecule has 0 bridgehead atoms. The molecule has 0 amide bonds. The minimum Gasteiger partial charge on any atom is -0.497 e. The fourth-order valence-electron chi connectivity index (χ4n) is 5.08. The number of ether oxygens (including phenoxy) is 2. The lowest BCUT2D eigenvalue weighted by Gasteiger charge is -2.35. The van der Waals surface area contributed by atoms with Gasteiger partial charge in [-0.05, 0) is 48.2 Å². The Kier molecular flexibility index (Phi) is 5.55. The van der Waals surface area contributed by atoms with Gasteiger partial charge in [-0.3, -0.25) is 9.67 Å². The van der Waals surface area contributed by atoms with Crippen molar-refractivity contribution >= 4 is 16.7 Å². The second-order valence-corrected chi connectivity index (χ2v) is 9.08. The van der Waals surface area contributed by atoms with E-state index >= 15 is 0 Å². The molecule has 0 aliphatic carbocycles. The molecule has 1 aromatic carbocycles. The van der Waals surface area contributed by atoms with Crippen molar-refractivity contribution in [2.24, 2.45) is 0 Å². The molecule has 1 saturated heterocycles. The normalized spacial score (nSPS) is 16.2. The summed E-state index contributed by atoms with van der Waals surface area (Å²) in [6.07, 6.45) is 0.165. The van der Waals surface area contributed by atoms with Crippen LogP contribution in [0.15, 0.2) is 48.8 Å². The van der Waals surface area contributed by atoms with Crippen molar-refractivity contribution in [3.05, 3.63) is 65.6 Å². The first-order valence-electron chi connectivity index (χ1n) is 11.8. The van der Waals surface area contributed by atoms with Crippen LogP contribution in [0.3, 0.4) is 0 Å². The van der Waals surface area contributed by atoms with Crippen LogP contribution in [0, 0.1) is 0 Å². The molecule has 186 valence electrons. The van der Waals surface area contributed by atoms with Crippen molar-refractivity contribution in [3.63, 3.8) is 0 Å². The highest BCUT2D eigenvalue weighted by Gasteiger charge is 2.36. The first-order chi connectivity index (χ1) is 17.4. The van der Waals surface area contributed by atoms with E-state index < -0.39 is 11.9 Å². The number of pyridine rings is 2. The number of aromatic nitrogens is 4. The van der Waals surface area contributed by atoms with Gasteiger partial charge in [0, 0.05) is 43.8 Å². The Morgan fingerprint density at radius 2 is 1.86 bits per heavy atom. The molecule has 0 atom stereocenters. The molecule has 36 heavy (non-hydrogen) atoms. The van der Waals surface area contributed by atoms with Gasteiger partial charge in [0.1, 0.15) is 23.0 Å². The van der Waals surface area contributed by atoms with E-state index in [-0.39, 0.29) is 6.04 Å². The van der Waals surface area contributed by atoms with Gasteiger partial charge in [0.2, 0.25) is 0 Å². The monoisotopic (exact) mass is 495 g/mol. The van der Waals surface area contributed by atoms with Crippen molar-refractivity contribution in [1.82, 2.24) is 19.7 Å². The van der Waals surface area contributed by atoms with Gasteiger partial charge in [0.05, 0.1) is 24.6 Å². The van der Waals surface area contributed by atoms with Gasteiger partial charge in [-0.25, -0.2) is 4.98 Å². The molecule has 10 heteroatoms. The van der Waals surface area contributed by atoms with E-state index in [2.05, 4.69) is 9.88 Å². The Balaban J connectivity index is 1.54. The lowest BCUT2D eigenvalue weighted by molar-refractivity contribution is -0.141. The third kappa shape index (κ3) is 3.95. The molecule has 2 aliphatic rings. The molecule has 2 aliphatic heterocycles. The van der Waals surface area contributed by atoms with Gasteiger partial charge in [-0.1, -0.05) is 12.1 Å². The number of anilines is 1. The molecular weight excluding hydrogens is 471 g/mol. The minimum absolute atomic E-state index is 0.155. The average molecular weight is 496 g/mol. The highest BCUT2D eigenvalue weighted by molar-refractivity contribution is 6.02. The van der Waals surface area contributed by atoms with Crippen LogP contribution < -0.4 is 9.64 Å². The summed E-state index contributed by atoms with van der Waals surface area (Å²) in [6.45, 7) is 2.14. The Bertz CT molecular complexity index is 1410. The molecule has 0 saturated carbocycles. The minimum atomic E-state index is -4.55. The van der Waals surface area contributed by atoms with Crippen molar-refractivity contribution < 1.29 is 22.6 Å². The van der Waals surface area contributed by atoms with Crippen LogP contribution in [0.25, 0.3) is 22.2 Å². The summed E-state index contributed by atoms with van der Waals surface area (Å²) in [5.41, 5.74) is 2.53. The van der Waals surface area contributed by atoms with E-state index in [4.69, 9.17) is 19.6 Å². The van der Waals surface area contributed by atoms with Crippen LogP contribution in [-0.2, 0) is 24.0 Å². The van der Waals surface area contributed by atoms with E-state index in [9.17, 15) is 13.2 Å². The summed E-state index contributed by atoms with van der Waals surface area (Å²) in [5.74, 6) is 1.49. The number of methoxy groups -OCH3 is 1. The largest absolute Gasteiger partial charge is 0.497 e. The van der Waals surface area contributed by atoms with Gasteiger partial charge in [-0.2, -0.15) is 18.3 Å². The quantitative estimate of drug-likeness (QED) is 0.394. The number of benzene rings is 1. The third-order valence-electron chi connectivity index (χ3n) is 6.91. The van der Waals surface area contributed by atoms with Gasteiger partial charge >= 0.3 is 6.18 Å². The standard InChI is InChI=1S/C26H24F3N5O2/c1-35-19-4-2-16(3-5-19)14-34-21-6-9-30-25-23(21)24(32-34)20-12-22(26(27,28)29)31-13-17(20)15-33(25)18-7-10-36-11-8-18/h2-6,9,12-13,18H,7-8,10-11,14-15H2,1H3. The summed E-state index contributed by atoms with van der Waals surface area (Å²) < 4.78 is 53.6. The van der Waals surface area contributed by atoms with Crippen LogP contribution >= 0.6 is 0 Å². The van der Waals surface area contributed by atoms with E-state index in [1.54, 1.807) is 13.3 Å². The van der Waals surface area contributed by atoms with E-state index in [1.165, 1.54) is 6.20 Å². The maximum Gasteiger partial charge on any atom is 0.433 e. The van der Waals surface area contributed by atoms with Gasteiger partial charge in [0.25, 0.3) is 0 Å². The smallest absolute Gasteiger partial charge is 0.433 e. The highest BCUT2D eigenvalue weighted by atomic mass is 19.4. The van der Waals surface area contributed by atoms with Crippen molar-refractivity contribution in [2.45, 2.75) is 38.1 Å². The fourth-order valence-corrected chi connectivity index (χ4v) is 5.08. The lowest BCUT2D eigenvalue weighted by atomic mass is 10.0. The van der Waals surface area contributed by atoms with Crippen LogP contribution in [0.5, 0.6) is 5.75 Å². The number of rotatable bonds is 4. The SMILES string of the molecule is COc1ccc(Cn2nc3c4c(nccc42)N(C2CCOCC2)Cc2cnc(C(F)(F)F)cc2-3)cc1. The topological polar surface area (TPSA) is 65.3 Å². The Morgan fingerprint density at radius 1 is 1.08 bits per heavy atom. The Hall–Kier alpha value is -3.66. The number of fused-ring (bicyclic) bond motifs is 2. The molecule has 0 radical (unpaired) electrons. The molecule has 5 heterocycles. The predicted octanol–water partition coefficient (Wildman–Crippen LogP) is 5.07. The molecule has 0 spiro atoms. The summed E-state index contributed by atoms with van der Waals surface area (Å²) in [6, 6.07) is 10.8. The Labute approximate surface area is 205 Å².